The van der Waals surface area contributed by atoms with Crippen LogP contribution in [0.4, 0.5) is 0 Å². The van der Waals surface area contributed by atoms with Crippen LogP contribution in [-0.2, 0) is 19.4 Å². The van der Waals surface area contributed by atoms with Crippen LogP contribution in [0.5, 0.6) is 0 Å². The first-order valence-electron chi connectivity index (χ1n) is 7.14. The Morgan fingerprint density at radius 3 is 2.50 bits per heavy atom. The molecule has 3 atom stereocenters. The van der Waals surface area contributed by atoms with Crippen LogP contribution in [0.25, 0.3) is 0 Å². The van der Waals surface area contributed by atoms with E-state index in [0.717, 1.165) is 19.3 Å². The molecule has 20 heavy (non-hydrogen) atoms. The largest absolute Gasteiger partial charge is 0.481 e. The van der Waals surface area contributed by atoms with E-state index < -0.39 is 32.9 Å². The monoisotopic (exact) mass is 303 g/mol. The SMILES string of the molecule is O=C(O)C1CCCC1CNC(=O)C1CCCCS1(=O)=O. The van der Waals surface area contributed by atoms with Crippen molar-refractivity contribution in [2.24, 2.45) is 11.8 Å². The number of carboxylic acids is 1. The minimum absolute atomic E-state index is 0.0757. The number of carbonyl (C=O) groups excluding carboxylic acids is 1. The number of nitrogens with one attached hydrogen (secondary N) is 1. The molecule has 0 radical (unpaired) electrons. The maximum absolute atomic E-state index is 12.0. The van der Waals surface area contributed by atoms with Crippen molar-refractivity contribution in [3.8, 4) is 0 Å². The second kappa shape index (κ2) is 6.11. The van der Waals surface area contributed by atoms with Crippen molar-refractivity contribution in [2.45, 2.75) is 43.8 Å². The fourth-order valence-corrected chi connectivity index (χ4v) is 5.03. The molecule has 1 heterocycles. The molecule has 1 saturated carbocycles. The second-order valence-corrected chi connectivity index (χ2v) is 8.04. The van der Waals surface area contributed by atoms with E-state index in [1.807, 2.05) is 0 Å². The predicted molar refractivity (Wildman–Crippen MR) is 72.9 cm³/mol. The van der Waals surface area contributed by atoms with Crippen molar-refractivity contribution in [1.29, 1.82) is 0 Å². The topological polar surface area (TPSA) is 101 Å². The molecule has 0 spiro atoms. The van der Waals surface area contributed by atoms with Gasteiger partial charge in [0, 0.05) is 6.54 Å². The minimum atomic E-state index is -3.33. The van der Waals surface area contributed by atoms with Gasteiger partial charge >= 0.3 is 5.97 Å². The van der Waals surface area contributed by atoms with Gasteiger partial charge in [0.1, 0.15) is 5.25 Å². The molecule has 1 saturated heterocycles. The molecule has 0 aromatic heterocycles. The van der Waals surface area contributed by atoms with E-state index in [0.29, 0.717) is 19.3 Å². The van der Waals surface area contributed by atoms with E-state index in [9.17, 15) is 18.0 Å². The summed E-state index contributed by atoms with van der Waals surface area (Å²) in [4.78, 5) is 23.1. The highest BCUT2D eigenvalue weighted by molar-refractivity contribution is 7.92. The zero-order valence-electron chi connectivity index (χ0n) is 11.4. The number of aliphatic carboxylic acids is 1. The number of sulfone groups is 1. The number of carbonyl (C=O) groups is 2. The fourth-order valence-electron chi connectivity index (χ4n) is 3.20. The number of hydrogen-bond donors (Lipinski definition) is 2. The van der Waals surface area contributed by atoms with Crippen LogP contribution in [-0.4, -0.2) is 42.9 Å². The molecule has 2 aliphatic rings. The van der Waals surface area contributed by atoms with Crippen LogP contribution in [0.1, 0.15) is 38.5 Å². The Morgan fingerprint density at radius 1 is 1.10 bits per heavy atom. The van der Waals surface area contributed by atoms with Crippen molar-refractivity contribution in [3.63, 3.8) is 0 Å². The zero-order chi connectivity index (χ0) is 14.8. The Morgan fingerprint density at radius 2 is 1.85 bits per heavy atom. The van der Waals surface area contributed by atoms with Gasteiger partial charge in [0.25, 0.3) is 0 Å². The Hall–Kier alpha value is -1.11. The van der Waals surface area contributed by atoms with Crippen molar-refractivity contribution >= 4 is 21.7 Å². The Labute approximate surface area is 118 Å². The third-order valence-corrected chi connectivity index (χ3v) is 6.56. The summed E-state index contributed by atoms with van der Waals surface area (Å²) in [5.74, 6) is -1.71. The van der Waals surface area contributed by atoms with Crippen LogP contribution in [0.2, 0.25) is 0 Å². The van der Waals surface area contributed by atoms with Crippen molar-refractivity contribution in [2.75, 3.05) is 12.3 Å². The highest BCUT2D eigenvalue weighted by atomic mass is 32.2. The molecule has 114 valence electrons. The number of carboxylic acid groups (broad SMARTS) is 1. The van der Waals surface area contributed by atoms with Crippen LogP contribution < -0.4 is 5.32 Å². The van der Waals surface area contributed by atoms with Gasteiger partial charge in [-0.05, 0) is 31.6 Å². The molecule has 0 bridgehead atoms. The molecule has 1 aliphatic heterocycles. The van der Waals surface area contributed by atoms with E-state index in [1.54, 1.807) is 0 Å². The van der Waals surface area contributed by atoms with Gasteiger partial charge < -0.3 is 10.4 Å². The second-order valence-electron chi connectivity index (χ2n) is 5.73. The first-order chi connectivity index (χ1) is 9.42. The highest BCUT2D eigenvalue weighted by Gasteiger charge is 2.37. The van der Waals surface area contributed by atoms with Crippen LogP contribution >= 0.6 is 0 Å². The number of rotatable bonds is 4. The predicted octanol–water partition coefficient (Wildman–Crippen LogP) is 0.571. The van der Waals surface area contributed by atoms with Crippen LogP contribution in [0.3, 0.4) is 0 Å². The summed E-state index contributed by atoms with van der Waals surface area (Å²) in [6.07, 6.45) is 4.00. The van der Waals surface area contributed by atoms with Gasteiger partial charge in [0.05, 0.1) is 11.7 Å². The Bertz CT molecular complexity index is 487. The van der Waals surface area contributed by atoms with Gasteiger partial charge in [0.15, 0.2) is 9.84 Å². The van der Waals surface area contributed by atoms with Gasteiger partial charge in [-0.1, -0.05) is 12.8 Å². The maximum Gasteiger partial charge on any atom is 0.306 e. The molecule has 3 unspecified atom stereocenters. The van der Waals surface area contributed by atoms with Gasteiger partial charge in [-0.15, -0.1) is 0 Å². The van der Waals surface area contributed by atoms with Crippen LogP contribution in [0.15, 0.2) is 0 Å². The summed E-state index contributed by atoms with van der Waals surface area (Å²) in [6.45, 7) is 0.266. The van der Waals surface area contributed by atoms with Gasteiger partial charge in [0.2, 0.25) is 5.91 Å². The molecule has 1 aliphatic carbocycles. The first-order valence-corrected chi connectivity index (χ1v) is 8.85. The lowest BCUT2D eigenvalue weighted by Gasteiger charge is -2.23. The van der Waals surface area contributed by atoms with Crippen molar-refractivity contribution < 1.29 is 23.1 Å². The quantitative estimate of drug-likeness (QED) is 0.791. The average Bonchev–Trinajstić information content (AvgIpc) is 2.83. The van der Waals surface area contributed by atoms with Crippen molar-refractivity contribution in [3.05, 3.63) is 0 Å². The third-order valence-electron chi connectivity index (χ3n) is 4.39. The fraction of sp³-hybridized carbons (Fsp3) is 0.846. The normalized spacial score (nSPS) is 32.7. The summed E-state index contributed by atoms with van der Waals surface area (Å²) in [7, 11) is -3.33. The van der Waals surface area contributed by atoms with Gasteiger partial charge in [-0.3, -0.25) is 9.59 Å². The number of hydrogen-bond acceptors (Lipinski definition) is 4. The van der Waals surface area contributed by atoms with Gasteiger partial charge in [-0.2, -0.15) is 0 Å². The van der Waals surface area contributed by atoms with Crippen LogP contribution in [0, 0.1) is 11.8 Å². The minimum Gasteiger partial charge on any atom is -0.481 e. The molecule has 0 aromatic carbocycles. The molecule has 2 fully saturated rings. The summed E-state index contributed by atoms with van der Waals surface area (Å²) in [5, 5.41) is 10.8. The average molecular weight is 303 g/mol. The molecule has 0 aromatic rings. The highest BCUT2D eigenvalue weighted by Crippen LogP contribution is 2.31. The van der Waals surface area contributed by atoms with E-state index in [2.05, 4.69) is 5.32 Å². The van der Waals surface area contributed by atoms with Crippen molar-refractivity contribution in [1.82, 2.24) is 5.32 Å². The summed E-state index contributed by atoms with van der Waals surface area (Å²) in [5.41, 5.74) is 0. The van der Waals surface area contributed by atoms with E-state index in [4.69, 9.17) is 5.11 Å². The molecule has 6 nitrogen and oxygen atoms in total. The summed E-state index contributed by atoms with van der Waals surface area (Å²) in [6, 6.07) is 0. The molecule has 7 heteroatoms. The zero-order valence-corrected chi connectivity index (χ0v) is 12.2. The molecular formula is C13H21NO5S. The Balaban J connectivity index is 1.90. The molecule has 1 amide bonds. The van der Waals surface area contributed by atoms with Gasteiger partial charge in [-0.25, -0.2) is 8.42 Å². The lowest BCUT2D eigenvalue weighted by Crippen LogP contribution is -2.44. The Kier molecular flexibility index (Phi) is 4.67. The first kappa shape index (κ1) is 15.3. The summed E-state index contributed by atoms with van der Waals surface area (Å²) >= 11 is 0. The maximum atomic E-state index is 12.0. The summed E-state index contributed by atoms with van der Waals surface area (Å²) < 4.78 is 23.7. The molecule has 2 rings (SSSR count). The molecular weight excluding hydrogens is 282 g/mol. The third kappa shape index (κ3) is 3.31. The smallest absolute Gasteiger partial charge is 0.306 e. The standard InChI is InChI=1S/C13H21NO5S/c15-12(11-6-1-2-7-20(11,18)19)14-8-9-4-3-5-10(9)13(16)17/h9-11H,1-8H2,(H,14,15)(H,16,17). The van der Waals surface area contributed by atoms with E-state index in [1.165, 1.54) is 0 Å². The lowest BCUT2D eigenvalue weighted by atomic mass is 9.96. The number of amides is 1. The molecule has 2 N–H and O–H groups in total. The van der Waals surface area contributed by atoms with E-state index >= 15 is 0 Å². The van der Waals surface area contributed by atoms with E-state index in [-0.39, 0.29) is 18.2 Å². The lowest BCUT2D eigenvalue weighted by molar-refractivity contribution is -0.143.